The lowest BCUT2D eigenvalue weighted by atomic mass is 9.44. The molecule has 0 aromatic rings. The van der Waals surface area contributed by atoms with Gasteiger partial charge in [0.15, 0.2) is 12.6 Å². The monoisotopic (exact) mass is 1160 g/mol. The van der Waals surface area contributed by atoms with Crippen LogP contribution in [0.5, 0.6) is 0 Å². The lowest BCUT2D eigenvalue weighted by Gasteiger charge is -2.61. The molecule has 20 heteroatoms. The van der Waals surface area contributed by atoms with Gasteiger partial charge in [-0.15, -0.1) is 0 Å². The van der Waals surface area contributed by atoms with Crippen molar-refractivity contribution in [1.29, 1.82) is 0 Å². The summed E-state index contributed by atoms with van der Waals surface area (Å²) in [6.45, 7) is 12.3. The van der Waals surface area contributed by atoms with Crippen molar-refractivity contribution in [1.82, 2.24) is 0 Å². The molecule has 4 saturated carbocycles. The largest absolute Gasteiger partial charge is 0.469 e. The number of methoxy groups -OCH3 is 2. The van der Waals surface area contributed by atoms with Crippen molar-refractivity contribution in [3.63, 3.8) is 0 Å². The van der Waals surface area contributed by atoms with Gasteiger partial charge in [-0.25, -0.2) is 9.59 Å². The number of carbonyl (C=O) groups is 4. The quantitative estimate of drug-likeness (QED) is 0.0646. The van der Waals surface area contributed by atoms with Crippen LogP contribution in [-0.2, 0) is 57.1 Å². The number of rotatable bonds is 15. The van der Waals surface area contributed by atoms with Crippen LogP contribution in [0, 0.1) is 69.0 Å². The molecule has 6 heterocycles. The summed E-state index contributed by atoms with van der Waals surface area (Å²) >= 11 is 0. The van der Waals surface area contributed by atoms with Crippen molar-refractivity contribution in [3.05, 3.63) is 23.3 Å². The van der Waals surface area contributed by atoms with Gasteiger partial charge in [-0.2, -0.15) is 0 Å². The summed E-state index contributed by atoms with van der Waals surface area (Å²) in [5, 5.41) is 93.8. The molecular formula is C62H94O20. The van der Waals surface area contributed by atoms with Crippen molar-refractivity contribution in [2.24, 2.45) is 69.0 Å². The Morgan fingerprint density at radius 2 is 0.951 bits per heavy atom. The molecule has 10 unspecified atom stereocenters. The van der Waals surface area contributed by atoms with Gasteiger partial charge in [-0.1, -0.05) is 40.5 Å². The molecule has 0 amide bonds. The Morgan fingerprint density at radius 3 is 1.29 bits per heavy atom. The summed E-state index contributed by atoms with van der Waals surface area (Å²) in [4.78, 5) is 52.6. The minimum atomic E-state index is -1.68. The van der Waals surface area contributed by atoms with Crippen LogP contribution in [0.4, 0.5) is 0 Å². The van der Waals surface area contributed by atoms with Gasteiger partial charge in [0.05, 0.1) is 60.7 Å². The van der Waals surface area contributed by atoms with Crippen LogP contribution in [0.25, 0.3) is 0 Å². The van der Waals surface area contributed by atoms with Crippen LogP contribution < -0.4 is 0 Å². The van der Waals surface area contributed by atoms with Gasteiger partial charge in [0, 0.05) is 12.2 Å². The van der Waals surface area contributed by atoms with E-state index in [9.17, 15) is 60.0 Å². The molecular weight excluding hydrogens is 1060 g/mol. The first-order valence-corrected chi connectivity index (χ1v) is 30.7. The third-order valence-electron chi connectivity index (χ3n) is 24.4. The van der Waals surface area contributed by atoms with Gasteiger partial charge < -0.3 is 78.7 Å². The molecule has 0 aromatic carbocycles. The highest BCUT2D eigenvalue weighted by atomic mass is 16.7. The Labute approximate surface area is 481 Å². The Kier molecular flexibility index (Phi) is 17.5. The number of hydrogen-bond acceptors (Lipinski definition) is 20. The smallest absolute Gasteiger partial charge is 0.331 e. The minimum Gasteiger partial charge on any atom is -0.469 e. The van der Waals surface area contributed by atoms with E-state index in [-0.39, 0.29) is 73.4 Å². The fourth-order valence-electron chi connectivity index (χ4n) is 19.3. The van der Waals surface area contributed by atoms with Gasteiger partial charge in [-0.3, -0.25) is 9.59 Å². The van der Waals surface area contributed by atoms with E-state index in [0.717, 1.165) is 11.1 Å². The van der Waals surface area contributed by atoms with E-state index in [1.807, 2.05) is 0 Å². The molecule has 6 aliphatic heterocycles. The van der Waals surface area contributed by atoms with E-state index < -0.39 is 130 Å². The van der Waals surface area contributed by atoms with Crippen molar-refractivity contribution in [2.75, 3.05) is 27.4 Å². The van der Waals surface area contributed by atoms with Crippen LogP contribution in [0.1, 0.15) is 157 Å². The first-order valence-electron chi connectivity index (χ1n) is 30.7. The zero-order valence-corrected chi connectivity index (χ0v) is 49.3. The Balaban J connectivity index is 0.863. The first kappa shape index (κ1) is 61.9. The lowest BCUT2D eigenvalue weighted by molar-refractivity contribution is -0.335. The van der Waals surface area contributed by atoms with E-state index in [0.29, 0.717) is 103 Å². The maximum atomic E-state index is 13.6. The average Bonchev–Trinajstić information content (AvgIpc) is 3.99. The van der Waals surface area contributed by atoms with E-state index >= 15 is 0 Å². The fraction of sp³-hybridized carbons (Fsp3) is 0.871. The fourth-order valence-corrected chi connectivity index (χ4v) is 19.3. The van der Waals surface area contributed by atoms with E-state index in [1.54, 1.807) is 13.8 Å². The van der Waals surface area contributed by atoms with Gasteiger partial charge in [-0.05, 0) is 186 Å². The zero-order valence-electron chi connectivity index (χ0n) is 49.3. The van der Waals surface area contributed by atoms with E-state index in [1.165, 1.54) is 26.4 Å². The lowest BCUT2D eigenvalue weighted by Crippen LogP contribution is -2.66. The van der Waals surface area contributed by atoms with Crippen molar-refractivity contribution in [2.45, 2.75) is 242 Å². The molecule has 8 bridgehead atoms. The topological polar surface area (TPSA) is 304 Å². The third kappa shape index (κ3) is 10.2. The van der Waals surface area contributed by atoms with Gasteiger partial charge >= 0.3 is 23.9 Å². The summed E-state index contributed by atoms with van der Waals surface area (Å²) in [7, 11) is 2.66. The molecule has 0 spiro atoms. The average molecular weight is 1160 g/mol. The number of unbranched alkanes of at least 4 members (excludes halogenated alkanes) is 1. The number of esters is 4. The maximum Gasteiger partial charge on any atom is 0.331 e. The zero-order chi connectivity index (χ0) is 59.2. The molecule has 10 rings (SSSR count). The van der Waals surface area contributed by atoms with Crippen LogP contribution >= 0.6 is 0 Å². The molecule has 0 radical (unpaired) electrons. The highest BCUT2D eigenvalue weighted by Gasteiger charge is 2.68. The van der Waals surface area contributed by atoms with Crippen molar-refractivity contribution in [3.8, 4) is 0 Å². The summed E-state index contributed by atoms with van der Waals surface area (Å²) in [6.07, 6.45) is -3.34. The van der Waals surface area contributed by atoms with Gasteiger partial charge in [0.25, 0.3) is 0 Å². The van der Waals surface area contributed by atoms with Gasteiger partial charge in [0.2, 0.25) is 0 Å². The second kappa shape index (κ2) is 23.2. The summed E-state index contributed by atoms with van der Waals surface area (Å²) in [5.74, 6) is -3.33. The number of fused-ring (bicyclic) bond motifs is 12. The summed E-state index contributed by atoms with van der Waals surface area (Å²) in [5.41, 5.74) is -4.53. The summed E-state index contributed by atoms with van der Waals surface area (Å²) < 4.78 is 48.0. The van der Waals surface area contributed by atoms with Crippen molar-refractivity contribution < 1.29 is 97.9 Å². The standard InChI is InChI=1S/C62H94O20/c1-31-37-15-23-61(51(69)49(47(67)53(71)81-61)79-39(31)27-41-57(37,3)19-17-43(63)59(41,5)55(73)75-7)21-13-33(35-25-45(65)77-29-35)11-9-10-12-34(36-26-46(66)78-30-36)14-22-62-24-16-38-32(2)40(80-50(52(62)70)48(68)54(72)82-62)28-42-58(38,4)20-18-44(64)60(42,6)56(74)76-8/h25-26,31-34,37-44,47-54,63-64,67-72H,9-24,27-30H2,1-8H3/t31-,32+,33?,34?,37-,38+,39+,40-,41-,42+,43-,44+,47?,48?,49+,50-,51?,52?,53?,54?,57-,58+,59+,60-,61?,62?. The normalized spacial score (nSPS) is 48.8. The van der Waals surface area contributed by atoms with Crippen LogP contribution in [0.3, 0.4) is 0 Å². The van der Waals surface area contributed by atoms with E-state index in [2.05, 4.69) is 27.7 Å². The third-order valence-corrected chi connectivity index (χ3v) is 24.4. The van der Waals surface area contributed by atoms with Crippen molar-refractivity contribution >= 4 is 23.9 Å². The predicted octanol–water partition coefficient (Wildman–Crippen LogP) is 4.24. The molecule has 26 atom stereocenters. The predicted molar refractivity (Wildman–Crippen MR) is 290 cm³/mol. The number of aliphatic hydroxyl groups is 8. The molecule has 4 saturated heterocycles. The Bertz CT molecular complexity index is 2290. The summed E-state index contributed by atoms with van der Waals surface area (Å²) in [6, 6.07) is 0. The molecule has 8 fully saturated rings. The highest BCUT2D eigenvalue weighted by Crippen LogP contribution is 2.66. The van der Waals surface area contributed by atoms with E-state index in [4.69, 9.17) is 37.9 Å². The van der Waals surface area contributed by atoms with Crippen LogP contribution in [0.2, 0.25) is 0 Å². The number of carbonyl (C=O) groups excluding carboxylic acids is 4. The second-order valence-electron chi connectivity index (χ2n) is 28.0. The van der Waals surface area contributed by atoms with Crippen LogP contribution in [0.15, 0.2) is 23.3 Å². The van der Waals surface area contributed by atoms with Gasteiger partial charge in [0.1, 0.15) is 49.8 Å². The Morgan fingerprint density at radius 1 is 0.573 bits per heavy atom. The minimum absolute atomic E-state index is 0.0642. The maximum absolute atomic E-state index is 13.6. The molecule has 10 aliphatic rings. The molecule has 462 valence electrons. The molecule has 4 aliphatic carbocycles. The van der Waals surface area contributed by atoms with Crippen LogP contribution in [-0.4, -0.2) is 177 Å². The first-order chi connectivity index (χ1) is 38.7. The molecule has 0 aromatic heterocycles. The molecule has 82 heavy (non-hydrogen) atoms. The number of hydrogen-bond donors (Lipinski definition) is 8. The highest BCUT2D eigenvalue weighted by molar-refractivity contribution is 5.85. The number of ether oxygens (including phenoxy) is 8. The SMILES string of the molecule is COC(=O)[C@@]1(C)[C@@H](O)CC[C@@]2(C)[C@H]3CCC4(CCC(CCCCC(CCC56CC[C@@H]7[C@@H](C)[C@H](C[C@@H]8[C@]7(C)CC[C@@H](O)[C@@]8(C)C(=O)OC)O[C@@H](C(O)C(O)O5)C6O)C5=CC(=O)OC5)C5=CC(=O)OC5)OC(O)C(O)[C@@H](O[C@H](C[C@@H]21)[C@H]3C)C4O. The number of cyclic esters (lactones) is 2. The molecule has 8 N–H and O–H groups in total. The second-order valence-corrected chi connectivity index (χ2v) is 28.0. The molecule has 20 nitrogen and oxygen atoms in total. The Hall–Kier alpha value is -3.12. The number of aliphatic hydroxyl groups excluding tert-OH is 8.